The Bertz CT molecular complexity index is 836. The van der Waals surface area contributed by atoms with Gasteiger partial charge in [-0.2, -0.15) is 4.31 Å². The van der Waals surface area contributed by atoms with E-state index in [9.17, 15) is 18.0 Å². The van der Waals surface area contributed by atoms with Crippen LogP contribution in [0.5, 0.6) is 5.75 Å². The van der Waals surface area contributed by atoms with Crippen LogP contribution < -0.4 is 10.1 Å². The Morgan fingerprint density at radius 2 is 2.19 bits per heavy atom. The van der Waals surface area contributed by atoms with Gasteiger partial charge in [0.15, 0.2) is 6.61 Å². The van der Waals surface area contributed by atoms with Crippen molar-refractivity contribution in [2.75, 3.05) is 31.6 Å². The van der Waals surface area contributed by atoms with Crippen molar-refractivity contribution >= 4 is 27.6 Å². The highest BCUT2D eigenvalue weighted by atomic mass is 32.2. The number of benzene rings is 1. The number of aryl methyl sites for hydroxylation is 1. The normalized spacial score (nSPS) is 20.7. The average Bonchev–Trinajstić information content (AvgIpc) is 2.61. The molecule has 1 aromatic carbocycles. The van der Waals surface area contributed by atoms with Gasteiger partial charge in [-0.3, -0.25) is 9.59 Å². The number of carbonyl (C=O) groups is 2. The van der Waals surface area contributed by atoms with E-state index in [1.165, 1.54) is 10.4 Å². The number of ether oxygens (including phenoxy) is 2. The highest BCUT2D eigenvalue weighted by molar-refractivity contribution is 7.89. The Kier molecular flexibility index (Phi) is 5.19. The maximum atomic E-state index is 13.1. The summed E-state index contributed by atoms with van der Waals surface area (Å²) >= 11 is 0. The number of hydrogen-bond acceptors (Lipinski definition) is 6. The number of fused-ring (bicyclic) bond motifs is 1. The van der Waals surface area contributed by atoms with Crippen LogP contribution in [0.4, 0.5) is 5.69 Å². The monoisotopic (exact) mass is 382 g/mol. The Balaban J connectivity index is 1.88. The first-order valence-electron chi connectivity index (χ1n) is 8.57. The molecular formula is C17H22N2O6S. The summed E-state index contributed by atoms with van der Waals surface area (Å²) in [7, 11) is -3.79. The molecule has 0 unspecified atom stereocenters. The van der Waals surface area contributed by atoms with Gasteiger partial charge < -0.3 is 14.8 Å². The lowest BCUT2D eigenvalue weighted by Crippen LogP contribution is -2.43. The van der Waals surface area contributed by atoms with Crippen molar-refractivity contribution in [3.63, 3.8) is 0 Å². The SMILES string of the molecule is CCOC(=O)[C@H]1CCCN(S(=O)(=O)c2cc3c(cc2C)NC(=O)CO3)C1. The molecule has 1 atom stereocenters. The number of nitrogens with one attached hydrogen (secondary N) is 1. The molecule has 3 rings (SSSR count). The van der Waals surface area contributed by atoms with E-state index in [1.54, 1.807) is 19.9 Å². The summed E-state index contributed by atoms with van der Waals surface area (Å²) in [6.45, 7) is 3.98. The summed E-state index contributed by atoms with van der Waals surface area (Å²) in [5.41, 5.74) is 0.966. The van der Waals surface area contributed by atoms with E-state index in [2.05, 4.69) is 5.32 Å². The molecule has 8 nitrogen and oxygen atoms in total. The summed E-state index contributed by atoms with van der Waals surface area (Å²) in [5, 5.41) is 2.66. The van der Waals surface area contributed by atoms with Crippen LogP contribution in [0.25, 0.3) is 0 Å². The van der Waals surface area contributed by atoms with Gasteiger partial charge >= 0.3 is 5.97 Å². The summed E-state index contributed by atoms with van der Waals surface area (Å²) in [4.78, 5) is 23.5. The highest BCUT2D eigenvalue weighted by Crippen LogP contribution is 2.35. The van der Waals surface area contributed by atoms with Gasteiger partial charge in [0.1, 0.15) is 5.75 Å². The van der Waals surface area contributed by atoms with Crippen LogP contribution in [0, 0.1) is 12.8 Å². The fraction of sp³-hybridized carbons (Fsp3) is 0.529. The molecule has 0 spiro atoms. The van der Waals surface area contributed by atoms with Gasteiger partial charge in [0.25, 0.3) is 5.91 Å². The Hall–Kier alpha value is -2.13. The second-order valence-electron chi connectivity index (χ2n) is 6.40. The number of rotatable bonds is 4. The van der Waals surface area contributed by atoms with Crippen molar-refractivity contribution in [2.45, 2.75) is 31.6 Å². The molecule has 9 heteroatoms. The first-order chi connectivity index (χ1) is 12.3. The fourth-order valence-corrected chi connectivity index (χ4v) is 4.99. The molecule has 1 fully saturated rings. The minimum absolute atomic E-state index is 0.106. The molecule has 1 N–H and O–H groups in total. The molecule has 26 heavy (non-hydrogen) atoms. The molecule has 142 valence electrons. The quantitative estimate of drug-likeness (QED) is 0.788. The fourth-order valence-electron chi connectivity index (χ4n) is 3.25. The van der Waals surface area contributed by atoms with E-state index in [4.69, 9.17) is 9.47 Å². The zero-order valence-electron chi connectivity index (χ0n) is 14.8. The van der Waals surface area contributed by atoms with Crippen molar-refractivity contribution in [3.05, 3.63) is 17.7 Å². The predicted molar refractivity (Wildman–Crippen MR) is 93.4 cm³/mol. The number of nitrogens with zero attached hydrogens (tertiary/aromatic N) is 1. The molecular weight excluding hydrogens is 360 g/mol. The average molecular weight is 382 g/mol. The molecule has 1 aromatic rings. The highest BCUT2D eigenvalue weighted by Gasteiger charge is 2.35. The molecule has 0 radical (unpaired) electrons. The van der Waals surface area contributed by atoms with Crippen LogP contribution in [0.15, 0.2) is 17.0 Å². The van der Waals surface area contributed by atoms with Crippen LogP contribution in [-0.2, 0) is 24.3 Å². The topological polar surface area (TPSA) is 102 Å². The number of amides is 1. The number of esters is 1. The van der Waals surface area contributed by atoms with Gasteiger partial charge in [0.2, 0.25) is 10.0 Å². The van der Waals surface area contributed by atoms with Gasteiger partial charge in [0, 0.05) is 19.2 Å². The molecule has 2 aliphatic heterocycles. The standard InChI is InChI=1S/C17H22N2O6S/c1-3-24-17(21)12-5-4-6-19(9-12)26(22,23)15-8-14-13(7-11(15)2)18-16(20)10-25-14/h7-8,12H,3-6,9-10H2,1-2H3,(H,18,20)/t12-/m0/s1. The number of anilines is 1. The molecule has 2 heterocycles. The van der Waals surface area contributed by atoms with Crippen molar-refractivity contribution in [2.24, 2.45) is 5.92 Å². The smallest absolute Gasteiger partial charge is 0.310 e. The van der Waals surface area contributed by atoms with Crippen molar-refractivity contribution in [1.82, 2.24) is 4.31 Å². The Morgan fingerprint density at radius 3 is 2.92 bits per heavy atom. The maximum Gasteiger partial charge on any atom is 0.310 e. The van der Waals surface area contributed by atoms with Crippen LogP contribution >= 0.6 is 0 Å². The molecule has 0 aromatic heterocycles. The van der Waals surface area contributed by atoms with Crippen molar-refractivity contribution in [3.8, 4) is 5.75 Å². The minimum Gasteiger partial charge on any atom is -0.482 e. The third-order valence-corrected chi connectivity index (χ3v) is 6.54. The Labute approximate surface area is 152 Å². The number of carbonyl (C=O) groups excluding carboxylic acids is 2. The largest absolute Gasteiger partial charge is 0.482 e. The molecule has 1 saturated heterocycles. The predicted octanol–water partition coefficient (Wildman–Crippen LogP) is 1.29. The van der Waals surface area contributed by atoms with E-state index in [0.29, 0.717) is 36.4 Å². The van der Waals surface area contributed by atoms with Gasteiger partial charge in [0.05, 0.1) is 23.1 Å². The molecule has 1 amide bonds. The summed E-state index contributed by atoms with van der Waals surface area (Å²) in [5.74, 6) is -0.763. The van der Waals surface area contributed by atoms with Gasteiger partial charge in [-0.1, -0.05) is 0 Å². The third-order valence-electron chi connectivity index (χ3n) is 4.53. The Morgan fingerprint density at radius 1 is 1.42 bits per heavy atom. The van der Waals surface area contributed by atoms with Crippen molar-refractivity contribution < 1.29 is 27.5 Å². The first-order valence-corrected chi connectivity index (χ1v) is 10.0. The summed E-state index contributed by atoms with van der Waals surface area (Å²) < 4.78 is 37.9. The first kappa shape index (κ1) is 18.7. The minimum atomic E-state index is -3.79. The second kappa shape index (κ2) is 7.24. The van der Waals surface area contributed by atoms with Crippen LogP contribution in [0.2, 0.25) is 0 Å². The van der Waals surface area contributed by atoms with E-state index in [-0.39, 0.29) is 36.5 Å². The molecule has 0 bridgehead atoms. The zero-order chi connectivity index (χ0) is 18.9. The number of piperidine rings is 1. The van der Waals surface area contributed by atoms with Gasteiger partial charge in [-0.25, -0.2) is 8.42 Å². The van der Waals surface area contributed by atoms with Crippen LogP contribution in [0.1, 0.15) is 25.3 Å². The van der Waals surface area contributed by atoms with Gasteiger partial charge in [-0.05, 0) is 38.3 Å². The summed E-state index contributed by atoms with van der Waals surface area (Å²) in [6.07, 6.45) is 1.21. The van der Waals surface area contributed by atoms with E-state index < -0.39 is 15.9 Å². The molecule has 0 saturated carbocycles. The molecule has 2 aliphatic rings. The van der Waals surface area contributed by atoms with E-state index >= 15 is 0 Å². The zero-order valence-corrected chi connectivity index (χ0v) is 15.6. The number of sulfonamides is 1. The lowest BCUT2D eigenvalue weighted by molar-refractivity contribution is -0.149. The summed E-state index contributed by atoms with van der Waals surface area (Å²) in [6, 6.07) is 3.03. The van der Waals surface area contributed by atoms with Gasteiger partial charge in [-0.15, -0.1) is 0 Å². The lowest BCUT2D eigenvalue weighted by Gasteiger charge is -2.31. The second-order valence-corrected chi connectivity index (χ2v) is 8.31. The van der Waals surface area contributed by atoms with Crippen LogP contribution in [0.3, 0.4) is 0 Å². The third kappa shape index (κ3) is 3.54. The lowest BCUT2D eigenvalue weighted by atomic mass is 10.0. The molecule has 0 aliphatic carbocycles. The van der Waals surface area contributed by atoms with E-state index in [0.717, 1.165) is 0 Å². The maximum absolute atomic E-state index is 13.1. The van der Waals surface area contributed by atoms with E-state index in [1.807, 2.05) is 0 Å². The number of hydrogen-bond donors (Lipinski definition) is 1. The van der Waals surface area contributed by atoms with Crippen molar-refractivity contribution in [1.29, 1.82) is 0 Å². The van der Waals surface area contributed by atoms with Crippen LogP contribution in [-0.4, -0.2) is 50.9 Å².